The van der Waals surface area contributed by atoms with Crippen molar-refractivity contribution in [1.29, 1.82) is 0 Å². The number of halogens is 3. The lowest BCUT2D eigenvalue weighted by Gasteiger charge is -1.95. The van der Waals surface area contributed by atoms with Gasteiger partial charge < -0.3 is 10.3 Å². The van der Waals surface area contributed by atoms with Crippen molar-refractivity contribution >= 4 is 0 Å². The molecule has 0 amide bonds. The molecule has 1 rings (SSSR count). The van der Waals surface area contributed by atoms with Crippen molar-refractivity contribution in [3.8, 4) is 0 Å². The van der Waals surface area contributed by atoms with E-state index in [0.29, 0.717) is 19.4 Å². The summed E-state index contributed by atoms with van der Waals surface area (Å²) < 4.78 is 39.7. The van der Waals surface area contributed by atoms with Crippen molar-refractivity contribution in [3.05, 3.63) is 11.7 Å². The number of nitrogens with zero attached hydrogens (tertiary/aromatic N) is 2. The van der Waals surface area contributed by atoms with Gasteiger partial charge in [-0.15, -0.1) is 0 Å². The lowest BCUT2D eigenvalue weighted by Crippen LogP contribution is -2.06. The minimum absolute atomic E-state index is 0.0396. The molecule has 0 spiro atoms. The summed E-state index contributed by atoms with van der Waals surface area (Å²) >= 11 is 0. The van der Waals surface area contributed by atoms with Crippen LogP contribution in [-0.2, 0) is 12.6 Å². The van der Waals surface area contributed by atoms with Crippen LogP contribution in [0, 0.1) is 0 Å². The van der Waals surface area contributed by atoms with Crippen LogP contribution in [0.2, 0.25) is 0 Å². The van der Waals surface area contributed by atoms with Crippen LogP contribution in [0.5, 0.6) is 0 Å². The van der Waals surface area contributed by atoms with Crippen LogP contribution in [0.25, 0.3) is 0 Å². The molecular formula is C6H8F3N3O. The fourth-order valence-corrected chi connectivity index (χ4v) is 0.731. The average molecular weight is 195 g/mol. The highest BCUT2D eigenvalue weighted by atomic mass is 19.4. The van der Waals surface area contributed by atoms with E-state index in [-0.39, 0.29) is 5.82 Å². The molecule has 1 aromatic heterocycles. The number of nitrogens with two attached hydrogens (primary N) is 1. The monoisotopic (exact) mass is 195 g/mol. The van der Waals surface area contributed by atoms with Gasteiger partial charge in [0.05, 0.1) is 0 Å². The summed E-state index contributed by atoms with van der Waals surface area (Å²) in [7, 11) is 0. The Hall–Kier alpha value is -1.11. The molecule has 0 aromatic carbocycles. The van der Waals surface area contributed by atoms with Gasteiger partial charge in [0.2, 0.25) is 0 Å². The molecule has 13 heavy (non-hydrogen) atoms. The highest BCUT2D eigenvalue weighted by Gasteiger charge is 2.38. The molecular weight excluding hydrogens is 187 g/mol. The summed E-state index contributed by atoms with van der Waals surface area (Å²) in [6, 6.07) is 0. The molecule has 0 unspecified atom stereocenters. The Bertz CT molecular complexity index is 270. The van der Waals surface area contributed by atoms with Crippen LogP contribution in [-0.4, -0.2) is 16.7 Å². The molecule has 0 aliphatic rings. The number of hydrogen-bond donors (Lipinski definition) is 1. The fraction of sp³-hybridized carbons (Fsp3) is 0.667. The molecule has 0 aliphatic carbocycles. The second-order valence-corrected chi connectivity index (χ2v) is 2.41. The van der Waals surface area contributed by atoms with Crippen LogP contribution in [0.3, 0.4) is 0 Å². The Labute approximate surface area is 71.9 Å². The zero-order chi connectivity index (χ0) is 9.90. The van der Waals surface area contributed by atoms with E-state index < -0.39 is 12.1 Å². The second kappa shape index (κ2) is 3.73. The third-order valence-corrected chi connectivity index (χ3v) is 1.32. The number of aryl methyl sites for hydroxylation is 1. The van der Waals surface area contributed by atoms with E-state index in [2.05, 4.69) is 14.7 Å². The van der Waals surface area contributed by atoms with Gasteiger partial charge in [0.25, 0.3) is 0 Å². The van der Waals surface area contributed by atoms with Gasteiger partial charge in [-0.3, -0.25) is 0 Å². The third kappa shape index (κ3) is 2.69. The molecule has 0 fully saturated rings. The van der Waals surface area contributed by atoms with Crippen molar-refractivity contribution in [2.75, 3.05) is 6.54 Å². The molecule has 0 bridgehead atoms. The third-order valence-electron chi connectivity index (χ3n) is 1.32. The van der Waals surface area contributed by atoms with Gasteiger partial charge in [-0.25, -0.2) is 0 Å². The van der Waals surface area contributed by atoms with E-state index >= 15 is 0 Å². The molecule has 0 saturated heterocycles. The number of hydrogen-bond acceptors (Lipinski definition) is 4. The van der Waals surface area contributed by atoms with E-state index in [4.69, 9.17) is 5.73 Å². The molecule has 74 valence electrons. The molecule has 0 radical (unpaired) electrons. The number of alkyl halides is 3. The second-order valence-electron chi connectivity index (χ2n) is 2.41. The van der Waals surface area contributed by atoms with Crippen LogP contribution in [0.1, 0.15) is 18.1 Å². The summed E-state index contributed by atoms with van der Waals surface area (Å²) in [5.74, 6) is -1.27. The summed E-state index contributed by atoms with van der Waals surface area (Å²) in [4.78, 5) is 3.16. The Morgan fingerprint density at radius 3 is 2.54 bits per heavy atom. The normalized spacial score (nSPS) is 12.0. The van der Waals surface area contributed by atoms with Gasteiger partial charge in [-0.05, 0) is 13.0 Å². The molecule has 0 atom stereocenters. The maximum absolute atomic E-state index is 11.9. The van der Waals surface area contributed by atoms with Crippen molar-refractivity contribution in [2.45, 2.75) is 19.0 Å². The van der Waals surface area contributed by atoms with E-state index in [0.717, 1.165) is 0 Å². The Morgan fingerprint density at radius 2 is 2.08 bits per heavy atom. The van der Waals surface area contributed by atoms with E-state index in [1.807, 2.05) is 0 Å². The highest BCUT2D eigenvalue weighted by Crippen LogP contribution is 2.27. The largest absolute Gasteiger partial charge is 0.471 e. The van der Waals surface area contributed by atoms with Gasteiger partial charge in [-0.1, -0.05) is 5.16 Å². The molecule has 2 N–H and O–H groups in total. The first kappa shape index (κ1) is 9.97. The zero-order valence-electron chi connectivity index (χ0n) is 6.64. The summed E-state index contributed by atoms with van der Waals surface area (Å²) in [5, 5.41) is 3.16. The summed E-state index contributed by atoms with van der Waals surface area (Å²) in [6.07, 6.45) is -3.72. The molecule has 0 saturated carbocycles. The first-order valence-corrected chi connectivity index (χ1v) is 3.64. The Morgan fingerprint density at radius 1 is 1.38 bits per heavy atom. The van der Waals surface area contributed by atoms with Crippen LogP contribution < -0.4 is 5.73 Å². The maximum atomic E-state index is 11.9. The Balaban J connectivity index is 2.64. The van der Waals surface area contributed by atoms with E-state index in [1.54, 1.807) is 0 Å². The average Bonchev–Trinajstić information content (AvgIpc) is 2.47. The Kier molecular flexibility index (Phi) is 2.86. The summed E-state index contributed by atoms with van der Waals surface area (Å²) in [6.45, 7) is 0.385. The highest BCUT2D eigenvalue weighted by molar-refractivity contribution is 4.89. The lowest BCUT2D eigenvalue weighted by atomic mass is 10.3. The molecule has 0 aliphatic heterocycles. The van der Waals surface area contributed by atoms with Crippen LogP contribution in [0.15, 0.2) is 4.52 Å². The van der Waals surface area contributed by atoms with Crippen molar-refractivity contribution in [3.63, 3.8) is 0 Å². The molecule has 7 heteroatoms. The van der Waals surface area contributed by atoms with Crippen molar-refractivity contribution in [1.82, 2.24) is 10.1 Å². The smallest absolute Gasteiger partial charge is 0.330 e. The SMILES string of the molecule is NCCCc1noc(C(F)(F)F)n1. The van der Waals surface area contributed by atoms with E-state index in [1.165, 1.54) is 0 Å². The standard InChI is InChI=1S/C6H8F3N3O/c7-6(8,9)5-11-4(12-13-5)2-1-3-10/h1-3,10H2. The van der Waals surface area contributed by atoms with Crippen molar-refractivity contribution in [2.24, 2.45) is 5.73 Å². The van der Waals surface area contributed by atoms with Gasteiger partial charge in [0.15, 0.2) is 5.82 Å². The van der Waals surface area contributed by atoms with Gasteiger partial charge in [-0.2, -0.15) is 18.2 Å². The fourth-order valence-electron chi connectivity index (χ4n) is 0.731. The minimum Gasteiger partial charge on any atom is -0.330 e. The predicted octanol–water partition coefficient (Wildman–Crippen LogP) is 0.980. The molecule has 1 heterocycles. The number of aromatic nitrogens is 2. The maximum Gasteiger partial charge on any atom is 0.471 e. The number of rotatable bonds is 3. The van der Waals surface area contributed by atoms with Gasteiger partial charge in [0, 0.05) is 6.42 Å². The van der Waals surface area contributed by atoms with Crippen molar-refractivity contribution < 1.29 is 17.7 Å². The first-order valence-electron chi connectivity index (χ1n) is 3.64. The molecule has 4 nitrogen and oxygen atoms in total. The minimum atomic E-state index is -4.56. The summed E-state index contributed by atoms with van der Waals surface area (Å²) in [5.41, 5.74) is 5.16. The quantitative estimate of drug-likeness (QED) is 0.780. The van der Waals surface area contributed by atoms with Gasteiger partial charge in [0.1, 0.15) is 0 Å². The zero-order valence-corrected chi connectivity index (χ0v) is 6.64. The first-order chi connectivity index (χ1) is 6.04. The van der Waals surface area contributed by atoms with E-state index in [9.17, 15) is 13.2 Å². The lowest BCUT2D eigenvalue weighted by molar-refractivity contribution is -0.159. The topological polar surface area (TPSA) is 64.9 Å². The molecule has 1 aromatic rings. The predicted molar refractivity (Wildman–Crippen MR) is 36.7 cm³/mol. The van der Waals surface area contributed by atoms with Crippen LogP contribution >= 0.6 is 0 Å². The van der Waals surface area contributed by atoms with Gasteiger partial charge >= 0.3 is 12.1 Å². The van der Waals surface area contributed by atoms with Crippen LogP contribution in [0.4, 0.5) is 13.2 Å².